The van der Waals surface area contributed by atoms with Crippen molar-refractivity contribution >= 4 is 12.4 Å². The Kier molecular flexibility index (Phi) is 5.64. The molecular weight excluding hydrogens is 258 g/mol. The molecule has 0 amide bonds. The first kappa shape index (κ1) is 15.9. The highest BCUT2D eigenvalue weighted by molar-refractivity contribution is 5.85. The smallest absolute Gasteiger partial charge is 0.324 e. The van der Waals surface area contributed by atoms with Gasteiger partial charge in [-0.1, -0.05) is 6.08 Å². The monoisotopic (exact) mass is 269 g/mol. The Morgan fingerprint density at radius 2 is 1.94 bits per heavy atom. The van der Waals surface area contributed by atoms with Crippen LogP contribution in [0.15, 0.2) is 30.9 Å². The predicted molar refractivity (Wildman–Crippen MR) is 60.4 cm³/mol. The van der Waals surface area contributed by atoms with E-state index in [1.165, 1.54) is 6.08 Å². The Balaban J connectivity index is 0.00000256. The van der Waals surface area contributed by atoms with E-state index in [9.17, 15) is 17.6 Å². The molecule has 0 aromatic heterocycles. The van der Waals surface area contributed by atoms with Gasteiger partial charge in [-0.15, -0.1) is 19.0 Å². The van der Waals surface area contributed by atoms with Crippen LogP contribution < -0.4 is 5.73 Å². The molecule has 0 unspecified atom stereocenters. The van der Waals surface area contributed by atoms with E-state index in [4.69, 9.17) is 5.73 Å². The molecule has 0 radical (unpaired) electrons. The molecule has 6 heteroatoms. The summed E-state index contributed by atoms with van der Waals surface area (Å²) < 4.78 is 50.3. The third-order valence-electron chi connectivity index (χ3n) is 2.14. The van der Waals surface area contributed by atoms with Gasteiger partial charge in [0, 0.05) is 11.6 Å². The van der Waals surface area contributed by atoms with Crippen LogP contribution in [0.1, 0.15) is 23.6 Å². The van der Waals surface area contributed by atoms with E-state index < -0.39 is 23.6 Å². The maximum absolute atomic E-state index is 13.2. The molecule has 1 aromatic rings. The highest BCUT2D eigenvalue weighted by Crippen LogP contribution is 2.31. The van der Waals surface area contributed by atoms with Crippen LogP contribution in [0.3, 0.4) is 0 Å². The normalized spacial score (nSPS) is 12.8. The SMILES string of the molecule is C=CC[C@H](N)c1cc(C(F)(F)F)ccc1F.Cl. The maximum atomic E-state index is 13.2. The molecule has 17 heavy (non-hydrogen) atoms. The van der Waals surface area contributed by atoms with Crippen molar-refractivity contribution in [3.63, 3.8) is 0 Å². The van der Waals surface area contributed by atoms with E-state index in [1.54, 1.807) is 0 Å². The fourth-order valence-electron chi connectivity index (χ4n) is 1.31. The minimum absolute atomic E-state index is 0. The number of alkyl halides is 3. The van der Waals surface area contributed by atoms with Crippen molar-refractivity contribution in [3.8, 4) is 0 Å². The molecule has 0 saturated carbocycles. The quantitative estimate of drug-likeness (QED) is 0.655. The Labute approximate surface area is 103 Å². The van der Waals surface area contributed by atoms with Crippen molar-refractivity contribution in [1.29, 1.82) is 0 Å². The topological polar surface area (TPSA) is 26.0 Å². The van der Waals surface area contributed by atoms with Crippen molar-refractivity contribution in [2.75, 3.05) is 0 Å². The number of nitrogens with two attached hydrogens (primary N) is 1. The molecule has 1 aromatic carbocycles. The minimum atomic E-state index is -4.49. The maximum Gasteiger partial charge on any atom is 0.416 e. The van der Waals surface area contributed by atoms with Gasteiger partial charge in [0.25, 0.3) is 0 Å². The van der Waals surface area contributed by atoms with Crippen molar-refractivity contribution < 1.29 is 17.6 Å². The molecule has 0 fully saturated rings. The molecule has 1 rings (SSSR count). The zero-order valence-electron chi connectivity index (χ0n) is 8.80. The molecule has 0 spiro atoms. The van der Waals surface area contributed by atoms with Gasteiger partial charge < -0.3 is 5.73 Å². The van der Waals surface area contributed by atoms with Gasteiger partial charge >= 0.3 is 6.18 Å². The Morgan fingerprint density at radius 1 is 1.35 bits per heavy atom. The van der Waals surface area contributed by atoms with E-state index in [0.717, 1.165) is 12.1 Å². The summed E-state index contributed by atoms with van der Waals surface area (Å²) in [6, 6.07) is 1.41. The second-order valence-electron chi connectivity index (χ2n) is 3.36. The van der Waals surface area contributed by atoms with Crippen molar-refractivity contribution in [2.45, 2.75) is 18.6 Å². The summed E-state index contributed by atoms with van der Waals surface area (Å²) >= 11 is 0. The number of hydrogen-bond donors (Lipinski definition) is 1. The standard InChI is InChI=1S/C11H11F4N.ClH/c1-2-3-10(16)8-6-7(11(13,14)15)4-5-9(8)12;/h2,4-6,10H,1,3,16H2;1H/t10-;/m0./s1. The first-order chi connectivity index (χ1) is 7.36. The number of hydrogen-bond acceptors (Lipinski definition) is 1. The summed E-state index contributed by atoms with van der Waals surface area (Å²) in [5, 5.41) is 0. The molecular formula is C11H12ClF4N. The number of benzene rings is 1. The van der Waals surface area contributed by atoms with Crippen LogP contribution in [0.25, 0.3) is 0 Å². The second kappa shape index (κ2) is 6.02. The van der Waals surface area contributed by atoms with Crippen LogP contribution in [0.5, 0.6) is 0 Å². The largest absolute Gasteiger partial charge is 0.416 e. The highest BCUT2D eigenvalue weighted by atomic mass is 35.5. The molecule has 0 heterocycles. The lowest BCUT2D eigenvalue weighted by Gasteiger charge is -2.13. The Bertz CT molecular complexity index is 390. The summed E-state index contributed by atoms with van der Waals surface area (Å²) in [6.07, 6.45) is -2.83. The molecule has 1 atom stereocenters. The summed E-state index contributed by atoms with van der Waals surface area (Å²) in [7, 11) is 0. The Morgan fingerprint density at radius 3 is 2.41 bits per heavy atom. The minimum Gasteiger partial charge on any atom is -0.324 e. The molecule has 1 nitrogen and oxygen atoms in total. The van der Waals surface area contributed by atoms with E-state index in [-0.39, 0.29) is 24.4 Å². The Hall–Kier alpha value is -1.07. The molecule has 0 aliphatic rings. The molecule has 0 aliphatic carbocycles. The highest BCUT2D eigenvalue weighted by Gasteiger charge is 2.31. The van der Waals surface area contributed by atoms with Gasteiger partial charge in [-0.3, -0.25) is 0 Å². The van der Waals surface area contributed by atoms with Crippen LogP contribution in [0.4, 0.5) is 17.6 Å². The van der Waals surface area contributed by atoms with Gasteiger partial charge in [-0.05, 0) is 24.6 Å². The molecule has 96 valence electrons. The average molecular weight is 270 g/mol. The zero-order chi connectivity index (χ0) is 12.3. The van der Waals surface area contributed by atoms with Gasteiger partial charge in [0.2, 0.25) is 0 Å². The van der Waals surface area contributed by atoms with Gasteiger partial charge in [0.1, 0.15) is 5.82 Å². The van der Waals surface area contributed by atoms with E-state index >= 15 is 0 Å². The van der Waals surface area contributed by atoms with E-state index in [1.807, 2.05) is 0 Å². The van der Waals surface area contributed by atoms with Crippen LogP contribution in [0.2, 0.25) is 0 Å². The lowest BCUT2D eigenvalue weighted by Crippen LogP contribution is -2.13. The first-order valence-electron chi connectivity index (χ1n) is 4.59. The van der Waals surface area contributed by atoms with Gasteiger partial charge in [-0.25, -0.2) is 4.39 Å². The first-order valence-corrected chi connectivity index (χ1v) is 4.59. The number of rotatable bonds is 3. The summed E-state index contributed by atoms with van der Waals surface area (Å²) in [5.74, 6) is -0.734. The lowest BCUT2D eigenvalue weighted by atomic mass is 10.0. The molecule has 0 aliphatic heterocycles. The summed E-state index contributed by atoms with van der Waals surface area (Å²) in [6.45, 7) is 3.40. The van der Waals surface area contributed by atoms with Crippen molar-refractivity contribution in [2.24, 2.45) is 5.73 Å². The van der Waals surface area contributed by atoms with Crippen LogP contribution in [-0.2, 0) is 6.18 Å². The van der Waals surface area contributed by atoms with Crippen molar-refractivity contribution in [1.82, 2.24) is 0 Å². The number of halogens is 5. The average Bonchev–Trinajstić information content (AvgIpc) is 2.16. The van der Waals surface area contributed by atoms with Gasteiger partial charge in [-0.2, -0.15) is 13.2 Å². The fraction of sp³-hybridized carbons (Fsp3) is 0.273. The van der Waals surface area contributed by atoms with Gasteiger partial charge in [0.05, 0.1) is 5.56 Å². The molecule has 0 saturated heterocycles. The fourth-order valence-corrected chi connectivity index (χ4v) is 1.31. The second-order valence-corrected chi connectivity index (χ2v) is 3.36. The lowest BCUT2D eigenvalue weighted by molar-refractivity contribution is -0.137. The van der Waals surface area contributed by atoms with Crippen LogP contribution >= 0.6 is 12.4 Å². The predicted octanol–water partition coefficient (Wildman–Crippen LogP) is 3.84. The van der Waals surface area contributed by atoms with E-state index in [2.05, 4.69) is 6.58 Å². The third-order valence-corrected chi connectivity index (χ3v) is 2.14. The van der Waals surface area contributed by atoms with Crippen LogP contribution in [-0.4, -0.2) is 0 Å². The van der Waals surface area contributed by atoms with E-state index in [0.29, 0.717) is 6.07 Å². The van der Waals surface area contributed by atoms with Crippen molar-refractivity contribution in [3.05, 3.63) is 47.8 Å². The van der Waals surface area contributed by atoms with Gasteiger partial charge in [0.15, 0.2) is 0 Å². The molecule has 2 N–H and O–H groups in total. The summed E-state index contributed by atoms with van der Waals surface area (Å²) in [4.78, 5) is 0. The third kappa shape index (κ3) is 4.02. The van der Waals surface area contributed by atoms with Crippen LogP contribution in [0, 0.1) is 5.82 Å². The zero-order valence-corrected chi connectivity index (χ0v) is 9.61. The summed E-state index contributed by atoms with van der Waals surface area (Å²) in [5.41, 5.74) is 4.50. The molecule has 0 bridgehead atoms.